The summed E-state index contributed by atoms with van der Waals surface area (Å²) in [6.45, 7) is 2.91. The van der Waals surface area contributed by atoms with E-state index in [-0.39, 0.29) is 11.9 Å². The molecule has 0 saturated heterocycles. The van der Waals surface area contributed by atoms with Gasteiger partial charge in [0.2, 0.25) is 0 Å². The molecule has 0 saturated carbocycles. The number of hydrogen-bond donors (Lipinski definition) is 1. The third-order valence-corrected chi connectivity index (χ3v) is 4.28. The average Bonchev–Trinajstić information content (AvgIpc) is 2.77. The number of hydrogen-bond acceptors (Lipinski definition) is 5. The fraction of sp³-hybridized carbons (Fsp3) is 0.174. The lowest BCUT2D eigenvalue weighted by Crippen LogP contribution is -2.31. The van der Waals surface area contributed by atoms with Crippen LogP contribution in [-0.2, 0) is 6.54 Å². The highest BCUT2D eigenvalue weighted by molar-refractivity contribution is 5.99. The van der Waals surface area contributed by atoms with Crippen LogP contribution < -0.4 is 10.1 Å². The van der Waals surface area contributed by atoms with E-state index in [0.717, 1.165) is 11.3 Å². The Bertz CT molecular complexity index is 959. The maximum absolute atomic E-state index is 13.4. The third kappa shape index (κ3) is 5.42. The van der Waals surface area contributed by atoms with E-state index in [1.165, 1.54) is 13.3 Å². The van der Waals surface area contributed by atoms with E-state index in [1.807, 2.05) is 79.7 Å². The fourth-order valence-corrected chi connectivity index (χ4v) is 2.80. The molecular formula is C23H24N4O2. The Morgan fingerprint density at radius 1 is 1.10 bits per heavy atom. The van der Waals surface area contributed by atoms with Gasteiger partial charge in [-0.2, -0.15) is 4.98 Å². The molecule has 148 valence electrons. The number of nitrogens with one attached hydrogen (secondary N) is 1. The summed E-state index contributed by atoms with van der Waals surface area (Å²) in [5.41, 5.74) is 2.26. The van der Waals surface area contributed by atoms with Gasteiger partial charge in [-0.25, -0.2) is 4.98 Å². The number of benzene rings is 2. The molecule has 6 nitrogen and oxygen atoms in total. The SMILES string of the molecule is C/C=C/CN(Cc1ccccc1)C(=O)c1cnc(OC)nc1Nc1ccccc1. The molecule has 0 aliphatic carbocycles. The zero-order valence-electron chi connectivity index (χ0n) is 16.6. The minimum absolute atomic E-state index is 0.159. The van der Waals surface area contributed by atoms with Gasteiger partial charge in [0, 0.05) is 25.0 Å². The van der Waals surface area contributed by atoms with Gasteiger partial charge in [-0.15, -0.1) is 0 Å². The van der Waals surface area contributed by atoms with Crippen LogP contribution in [0.4, 0.5) is 11.5 Å². The normalized spacial score (nSPS) is 10.7. The molecular weight excluding hydrogens is 364 g/mol. The van der Waals surface area contributed by atoms with Gasteiger partial charge in [0.05, 0.1) is 7.11 Å². The van der Waals surface area contributed by atoms with E-state index in [2.05, 4.69) is 15.3 Å². The van der Waals surface area contributed by atoms with Crippen LogP contribution in [0.5, 0.6) is 6.01 Å². The van der Waals surface area contributed by atoms with Crippen molar-refractivity contribution < 1.29 is 9.53 Å². The molecule has 0 radical (unpaired) electrons. The van der Waals surface area contributed by atoms with Crippen LogP contribution in [0.3, 0.4) is 0 Å². The average molecular weight is 388 g/mol. The number of anilines is 2. The number of carbonyl (C=O) groups is 1. The van der Waals surface area contributed by atoms with E-state index in [9.17, 15) is 4.79 Å². The quantitative estimate of drug-likeness (QED) is 0.578. The highest BCUT2D eigenvalue weighted by Crippen LogP contribution is 2.22. The topological polar surface area (TPSA) is 67.4 Å². The molecule has 1 aromatic heterocycles. The molecule has 3 aromatic rings. The minimum atomic E-state index is -0.159. The zero-order chi connectivity index (χ0) is 20.5. The third-order valence-electron chi connectivity index (χ3n) is 4.28. The molecule has 0 aliphatic rings. The van der Waals surface area contributed by atoms with Gasteiger partial charge in [0.15, 0.2) is 5.82 Å². The number of ether oxygens (including phenoxy) is 1. The first kappa shape index (κ1) is 20.1. The van der Waals surface area contributed by atoms with Crippen molar-refractivity contribution in [1.29, 1.82) is 0 Å². The number of amides is 1. The van der Waals surface area contributed by atoms with Crippen molar-refractivity contribution in [3.8, 4) is 6.01 Å². The summed E-state index contributed by atoms with van der Waals surface area (Å²) in [5.74, 6) is 0.250. The molecule has 0 spiro atoms. The van der Waals surface area contributed by atoms with Crippen LogP contribution in [0.1, 0.15) is 22.8 Å². The van der Waals surface area contributed by atoms with Crippen molar-refractivity contribution in [1.82, 2.24) is 14.9 Å². The predicted molar refractivity (Wildman–Crippen MR) is 114 cm³/mol. The van der Waals surface area contributed by atoms with E-state index in [1.54, 1.807) is 4.90 Å². The highest BCUT2D eigenvalue weighted by atomic mass is 16.5. The molecule has 0 bridgehead atoms. The number of aromatic nitrogens is 2. The van der Waals surface area contributed by atoms with Crippen LogP contribution >= 0.6 is 0 Å². The molecule has 3 rings (SSSR count). The van der Waals surface area contributed by atoms with Gasteiger partial charge in [0.1, 0.15) is 5.56 Å². The minimum Gasteiger partial charge on any atom is -0.467 e. The lowest BCUT2D eigenvalue weighted by atomic mass is 10.2. The van der Waals surface area contributed by atoms with Gasteiger partial charge in [-0.3, -0.25) is 4.79 Å². The fourth-order valence-electron chi connectivity index (χ4n) is 2.80. The van der Waals surface area contributed by atoms with E-state index in [4.69, 9.17) is 4.74 Å². The summed E-state index contributed by atoms with van der Waals surface area (Å²) in [6.07, 6.45) is 5.39. The zero-order valence-corrected chi connectivity index (χ0v) is 16.6. The standard InChI is InChI=1S/C23H24N4O2/c1-3-4-15-27(17-18-11-7-5-8-12-18)22(28)20-16-24-23(29-2)26-21(20)25-19-13-9-6-10-14-19/h3-14,16H,15,17H2,1-2H3,(H,24,25,26)/b4-3+. The maximum atomic E-state index is 13.4. The molecule has 1 amide bonds. The van der Waals surface area contributed by atoms with Crippen LogP contribution in [0.15, 0.2) is 79.0 Å². The Hall–Kier alpha value is -3.67. The van der Waals surface area contributed by atoms with Crippen molar-refractivity contribution >= 4 is 17.4 Å². The highest BCUT2D eigenvalue weighted by Gasteiger charge is 2.21. The Morgan fingerprint density at radius 2 is 1.79 bits per heavy atom. The number of para-hydroxylation sites is 1. The van der Waals surface area contributed by atoms with Crippen LogP contribution in [-0.4, -0.2) is 34.4 Å². The Labute approximate surface area is 170 Å². The monoisotopic (exact) mass is 388 g/mol. The van der Waals surface area contributed by atoms with Crippen molar-refractivity contribution in [2.24, 2.45) is 0 Å². The predicted octanol–water partition coefficient (Wildman–Crippen LogP) is 4.45. The Kier molecular flexibility index (Phi) is 6.95. The molecule has 2 aromatic carbocycles. The first-order valence-corrected chi connectivity index (χ1v) is 9.38. The molecule has 1 heterocycles. The lowest BCUT2D eigenvalue weighted by Gasteiger charge is -2.22. The van der Waals surface area contributed by atoms with Crippen molar-refractivity contribution in [2.45, 2.75) is 13.5 Å². The summed E-state index contributed by atoms with van der Waals surface area (Å²) in [7, 11) is 1.50. The second kappa shape index (κ2) is 10.0. The molecule has 0 unspecified atom stereocenters. The number of allylic oxidation sites excluding steroid dienone is 1. The van der Waals surface area contributed by atoms with E-state index >= 15 is 0 Å². The second-order valence-electron chi connectivity index (χ2n) is 6.35. The number of rotatable bonds is 8. The second-order valence-corrected chi connectivity index (χ2v) is 6.35. The molecule has 1 N–H and O–H groups in total. The van der Waals surface area contributed by atoms with Crippen LogP contribution in [0, 0.1) is 0 Å². The van der Waals surface area contributed by atoms with Crippen molar-refractivity contribution in [2.75, 3.05) is 19.0 Å². The molecule has 0 atom stereocenters. The van der Waals surface area contributed by atoms with Crippen LogP contribution in [0.2, 0.25) is 0 Å². The number of methoxy groups -OCH3 is 1. The molecule has 0 aliphatic heterocycles. The summed E-state index contributed by atoms with van der Waals surface area (Å²) >= 11 is 0. The molecule has 29 heavy (non-hydrogen) atoms. The first-order chi connectivity index (χ1) is 14.2. The van der Waals surface area contributed by atoms with Gasteiger partial charge in [-0.05, 0) is 24.6 Å². The van der Waals surface area contributed by atoms with Crippen molar-refractivity contribution in [3.63, 3.8) is 0 Å². The smallest absolute Gasteiger partial charge is 0.318 e. The van der Waals surface area contributed by atoms with Gasteiger partial charge < -0.3 is 15.0 Å². The summed E-state index contributed by atoms with van der Waals surface area (Å²) in [4.78, 5) is 23.7. The summed E-state index contributed by atoms with van der Waals surface area (Å²) in [5, 5.41) is 3.21. The Balaban J connectivity index is 1.93. The number of carbonyl (C=O) groups excluding carboxylic acids is 1. The van der Waals surface area contributed by atoms with E-state index < -0.39 is 0 Å². The largest absolute Gasteiger partial charge is 0.467 e. The first-order valence-electron chi connectivity index (χ1n) is 9.38. The van der Waals surface area contributed by atoms with Crippen molar-refractivity contribution in [3.05, 3.63) is 90.1 Å². The molecule has 6 heteroatoms. The summed E-state index contributed by atoms with van der Waals surface area (Å²) in [6, 6.07) is 19.7. The number of nitrogens with zero attached hydrogens (tertiary/aromatic N) is 3. The van der Waals surface area contributed by atoms with Gasteiger partial charge >= 0.3 is 6.01 Å². The van der Waals surface area contributed by atoms with Gasteiger partial charge in [0.25, 0.3) is 5.91 Å². The summed E-state index contributed by atoms with van der Waals surface area (Å²) < 4.78 is 5.15. The maximum Gasteiger partial charge on any atom is 0.318 e. The molecule has 0 fully saturated rings. The lowest BCUT2D eigenvalue weighted by molar-refractivity contribution is 0.0762. The van der Waals surface area contributed by atoms with E-state index in [0.29, 0.717) is 24.5 Å². The van der Waals surface area contributed by atoms with Gasteiger partial charge in [-0.1, -0.05) is 60.7 Å². The van der Waals surface area contributed by atoms with Crippen LogP contribution in [0.25, 0.3) is 0 Å². The Morgan fingerprint density at radius 3 is 2.45 bits per heavy atom.